The number of nitrogens with zero attached hydrogens (tertiary/aromatic N) is 2. The van der Waals surface area contributed by atoms with Gasteiger partial charge in [-0.15, -0.1) is 0 Å². The van der Waals surface area contributed by atoms with Crippen molar-refractivity contribution in [1.29, 1.82) is 0 Å². The zero-order valence-electron chi connectivity index (χ0n) is 11.7. The Morgan fingerprint density at radius 3 is 2.62 bits per heavy atom. The number of aromatic nitrogens is 1. The Balaban J connectivity index is 1.98. The van der Waals surface area contributed by atoms with Gasteiger partial charge in [0.25, 0.3) is 0 Å². The molecule has 1 atom stereocenters. The van der Waals surface area contributed by atoms with Gasteiger partial charge in [-0.25, -0.2) is 9.37 Å². The van der Waals surface area contributed by atoms with Gasteiger partial charge in [0, 0.05) is 0 Å². The van der Waals surface area contributed by atoms with Gasteiger partial charge in [-0.2, -0.15) is 0 Å². The van der Waals surface area contributed by atoms with Gasteiger partial charge in [-0.05, 0) is 31.4 Å². The van der Waals surface area contributed by atoms with E-state index in [0.717, 1.165) is 38.3 Å². The summed E-state index contributed by atoms with van der Waals surface area (Å²) in [5.74, 6) is -0.803. The van der Waals surface area contributed by atoms with E-state index in [-0.39, 0.29) is 5.91 Å². The van der Waals surface area contributed by atoms with E-state index in [9.17, 15) is 14.0 Å². The van der Waals surface area contributed by atoms with Crippen LogP contribution in [-0.2, 0) is 9.59 Å². The number of primary amides is 1. The topological polar surface area (TPSA) is 76.3 Å². The summed E-state index contributed by atoms with van der Waals surface area (Å²) in [4.78, 5) is 29.9. The van der Waals surface area contributed by atoms with E-state index in [1.54, 1.807) is 0 Å². The Morgan fingerprint density at radius 1 is 1.33 bits per heavy atom. The summed E-state index contributed by atoms with van der Waals surface area (Å²) in [5, 5.41) is 0. The third-order valence-electron chi connectivity index (χ3n) is 4.67. The molecule has 0 aromatic carbocycles. The average molecular weight is 291 g/mol. The van der Waals surface area contributed by atoms with E-state index in [0.29, 0.717) is 12.2 Å². The van der Waals surface area contributed by atoms with Crippen LogP contribution >= 0.6 is 0 Å². The number of carbonyl (C=O) groups excluding carboxylic acids is 2. The molecule has 1 saturated carbocycles. The molecular formula is C15H18FN3O2. The Bertz CT molecular complexity index is 567. The monoisotopic (exact) mass is 291 g/mol. The third kappa shape index (κ3) is 2.28. The molecule has 1 saturated heterocycles. The van der Waals surface area contributed by atoms with Crippen LogP contribution in [0.3, 0.4) is 0 Å². The number of halogens is 1. The van der Waals surface area contributed by atoms with Crippen LogP contribution < -0.4 is 10.6 Å². The number of rotatable bonds is 2. The summed E-state index contributed by atoms with van der Waals surface area (Å²) in [6.07, 6.45) is 6.16. The normalized spacial score (nSPS) is 24.5. The standard InChI is InChI=1S/C15H18FN3O2/c16-10-4-5-12(18-9-10)19-11(13(17)20)8-15(14(19)21)6-2-1-3-7-15/h4-5,9,11H,1-3,6-8H2,(H2,17,20). The first-order valence-electron chi connectivity index (χ1n) is 7.28. The number of hydrogen-bond acceptors (Lipinski definition) is 3. The van der Waals surface area contributed by atoms with E-state index in [1.807, 2.05) is 0 Å². The zero-order valence-corrected chi connectivity index (χ0v) is 11.7. The van der Waals surface area contributed by atoms with Crippen molar-refractivity contribution in [3.8, 4) is 0 Å². The second-order valence-corrected chi connectivity index (χ2v) is 5.97. The van der Waals surface area contributed by atoms with Gasteiger partial charge in [0.1, 0.15) is 17.7 Å². The molecule has 3 rings (SSSR count). The quantitative estimate of drug-likeness (QED) is 0.902. The molecule has 1 unspecified atom stereocenters. The highest BCUT2D eigenvalue weighted by atomic mass is 19.1. The minimum atomic E-state index is -0.687. The predicted molar refractivity (Wildman–Crippen MR) is 74.8 cm³/mol. The highest BCUT2D eigenvalue weighted by Gasteiger charge is 2.54. The van der Waals surface area contributed by atoms with Crippen LogP contribution in [-0.4, -0.2) is 22.8 Å². The molecule has 1 aromatic rings. The smallest absolute Gasteiger partial charge is 0.240 e. The maximum atomic E-state index is 13.0. The summed E-state index contributed by atoms with van der Waals surface area (Å²) in [6.45, 7) is 0. The van der Waals surface area contributed by atoms with Gasteiger partial charge >= 0.3 is 0 Å². The molecular weight excluding hydrogens is 273 g/mol. The van der Waals surface area contributed by atoms with Crippen LogP contribution in [0.4, 0.5) is 10.2 Å². The van der Waals surface area contributed by atoms with Gasteiger partial charge in [-0.1, -0.05) is 19.3 Å². The zero-order chi connectivity index (χ0) is 15.0. The molecule has 6 heteroatoms. The Hall–Kier alpha value is -1.98. The molecule has 2 aliphatic rings. The summed E-state index contributed by atoms with van der Waals surface area (Å²) in [5.41, 5.74) is 4.98. The van der Waals surface area contributed by atoms with Crippen molar-refractivity contribution in [3.63, 3.8) is 0 Å². The summed E-state index contributed by atoms with van der Waals surface area (Å²) >= 11 is 0. The van der Waals surface area contributed by atoms with Crippen molar-refractivity contribution in [2.24, 2.45) is 11.1 Å². The first kappa shape index (κ1) is 14.0. The molecule has 5 nitrogen and oxygen atoms in total. The molecule has 2 fully saturated rings. The molecule has 2 amide bonds. The van der Waals surface area contributed by atoms with Gasteiger partial charge in [0.2, 0.25) is 11.8 Å². The predicted octanol–water partition coefficient (Wildman–Crippen LogP) is 1.76. The minimum Gasteiger partial charge on any atom is -0.368 e. The second-order valence-electron chi connectivity index (χ2n) is 5.97. The second kappa shape index (κ2) is 5.09. The lowest BCUT2D eigenvalue weighted by atomic mass is 9.72. The maximum absolute atomic E-state index is 13.0. The first-order chi connectivity index (χ1) is 10.0. The minimum absolute atomic E-state index is 0.0925. The number of hydrogen-bond donors (Lipinski definition) is 1. The molecule has 0 radical (unpaired) electrons. The number of carbonyl (C=O) groups is 2. The van der Waals surface area contributed by atoms with E-state index >= 15 is 0 Å². The molecule has 1 aromatic heterocycles. The SMILES string of the molecule is NC(=O)C1CC2(CCCCC2)C(=O)N1c1ccc(F)cn1. The maximum Gasteiger partial charge on any atom is 0.240 e. The highest BCUT2D eigenvalue weighted by Crippen LogP contribution is 2.48. The lowest BCUT2D eigenvalue weighted by molar-refractivity contribution is -0.127. The van der Waals surface area contributed by atoms with Crippen molar-refractivity contribution < 1.29 is 14.0 Å². The Labute approximate surface area is 122 Å². The van der Waals surface area contributed by atoms with Crippen molar-refractivity contribution in [1.82, 2.24) is 4.98 Å². The van der Waals surface area contributed by atoms with Crippen LogP contribution in [0.25, 0.3) is 0 Å². The molecule has 2 N–H and O–H groups in total. The van der Waals surface area contributed by atoms with Gasteiger partial charge in [0.15, 0.2) is 0 Å². The Kier molecular flexibility index (Phi) is 3.39. The van der Waals surface area contributed by atoms with Crippen molar-refractivity contribution in [3.05, 3.63) is 24.1 Å². The van der Waals surface area contributed by atoms with E-state index in [4.69, 9.17) is 5.73 Å². The van der Waals surface area contributed by atoms with Crippen LogP contribution in [0.1, 0.15) is 38.5 Å². The van der Waals surface area contributed by atoms with Crippen LogP contribution in [0.15, 0.2) is 18.3 Å². The van der Waals surface area contributed by atoms with E-state index < -0.39 is 23.2 Å². The molecule has 1 aliphatic heterocycles. The van der Waals surface area contributed by atoms with Crippen molar-refractivity contribution in [2.75, 3.05) is 4.90 Å². The van der Waals surface area contributed by atoms with Crippen LogP contribution in [0.5, 0.6) is 0 Å². The number of nitrogens with two attached hydrogens (primary N) is 1. The summed E-state index contributed by atoms with van der Waals surface area (Å²) in [7, 11) is 0. The fraction of sp³-hybridized carbons (Fsp3) is 0.533. The average Bonchev–Trinajstić information content (AvgIpc) is 2.75. The molecule has 1 spiro atoms. The van der Waals surface area contributed by atoms with Crippen LogP contribution in [0.2, 0.25) is 0 Å². The highest BCUT2D eigenvalue weighted by molar-refractivity contribution is 6.06. The van der Waals surface area contributed by atoms with Crippen LogP contribution in [0, 0.1) is 11.2 Å². The fourth-order valence-electron chi connectivity index (χ4n) is 3.59. The van der Waals surface area contributed by atoms with E-state index in [1.165, 1.54) is 17.0 Å². The van der Waals surface area contributed by atoms with Gasteiger partial charge in [-0.3, -0.25) is 14.5 Å². The molecule has 112 valence electrons. The van der Waals surface area contributed by atoms with Crippen molar-refractivity contribution >= 4 is 17.6 Å². The number of amides is 2. The molecule has 2 heterocycles. The van der Waals surface area contributed by atoms with Crippen molar-refractivity contribution in [2.45, 2.75) is 44.6 Å². The summed E-state index contributed by atoms with van der Waals surface area (Å²) in [6, 6.07) is 1.97. The first-order valence-corrected chi connectivity index (χ1v) is 7.28. The lowest BCUT2D eigenvalue weighted by Crippen LogP contribution is -2.43. The lowest BCUT2D eigenvalue weighted by Gasteiger charge is -2.31. The third-order valence-corrected chi connectivity index (χ3v) is 4.67. The number of pyridine rings is 1. The number of anilines is 1. The van der Waals surface area contributed by atoms with Gasteiger partial charge < -0.3 is 5.73 Å². The largest absolute Gasteiger partial charge is 0.368 e. The van der Waals surface area contributed by atoms with Gasteiger partial charge in [0.05, 0.1) is 11.6 Å². The summed E-state index contributed by atoms with van der Waals surface area (Å²) < 4.78 is 13.0. The van der Waals surface area contributed by atoms with E-state index in [2.05, 4.69) is 4.98 Å². The fourth-order valence-corrected chi connectivity index (χ4v) is 3.59. The Morgan fingerprint density at radius 2 is 2.05 bits per heavy atom. The molecule has 21 heavy (non-hydrogen) atoms. The molecule has 1 aliphatic carbocycles. The molecule has 0 bridgehead atoms.